The monoisotopic (exact) mass is 198 g/mol. The van der Waals surface area contributed by atoms with Crippen molar-refractivity contribution < 1.29 is 0 Å². The van der Waals surface area contributed by atoms with Crippen LogP contribution in [0, 0.1) is 17.8 Å². The van der Waals surface area contributed by atoms with Crippen LogP contribution in [0.25, 0.3) is 0 Å². The quantitative estimate of drug-likeness (QED) is 0.685. The van der Waals surface area contributed by atoms with Crippen LogP contribution < -0.4 is 11.1 Å². The van der Waals surface area contributed by atoms with Gasteiger partial charge in [0.25, 0.3) is 0 Å². The summed E-state index contributed by atoms with van der Waals surface area (Å²) >= 11 is 0. The Kier molecular flexibility index (Phi) is 3.96. The number of nitrogens with two attached hydrogens (primary N) is 1. The second-order valence-electron chi connectivity index (χ2n) is 5.63. The van der Waals surface area contributed by atoms with Crippen molar-refractivity contribution in [3.63, 3.8) is 0 Å². The van der Waals surface area contributed by atoms with Gasteiger partial charge in [-0.25, -0.2) is 0 Å². The van der Waals surface area contributed by atoms with Crippen LogP contribution in [0.2, 0.25) is 0 Å². The van der Waals surface area contributed by atoms with Crippen molar-refractivity contribution >= 4 is 0 Å². The highest BCUT2D eigenvalue weighted by atomic mass is 14.9. The normalized spacial score (nSPS) is 23.6. The predicted octanol–water partition coefficient (Wildman–Crippen LogP) is 2.00. The second kappa shape index (κ2) is 4.63. The van der Waals surface area contributed by atoms with Gasteiger partial charge in [-0.05, 0) is 44.1 Å². The first-order chi connectivity index (χ1) is 6.43. The van der Waals surface area contributed by atoms with Gasteiger partial charge in [0.15, 0.2) is 0 Å². The van der Waals surface area contributed by atoms with Crippen molar-refractivity contribution in [3.05, 3.63) is 0 Å². The third kappa shape index (κ3) is 3.58. The molecule has 2 heteroatoms. The Hall–Kier alpha value is -0.0800. The number of nitrogens with one attached hydrogen (secondary N) is 1. The molecule has 0 amide bonds. The van der Waals surface area contributed by atoms with E-state index in [0.29, 0.717) is 0 Å². The maximum Gasteiger partial charge on any atom is 0.0280 e. The number of hydrogen-bond acceptors (Lipinski definition) is 2. The average molecular weight is 198 g/mol. The van der Waals surface area contributed by atoms with E-state index in [-0.39, 0.29) is 5.54 Å². The third-order valence-electron chi connectivity index (χ3n) is 3.62. The van der Waals surface area contributed by atoms with Gasteiger partial charge in [-0.1, -0.05) is 20.8 Å². The van der Waals surface area contributed by atoms with Gasteiger partial charge in [0, 0.05) is 12.1 Å². The molecule has 0 aliphatic heterocycles. The van der Waals surface area contributed by atoms with Gasteiger partial charge in [-0.3, -0.25) is 0 Å². The molecule has 14 heavy (non-hydrogen) atoms. The minimum absolute atomic E-state index is 0.0245. The minimum atomic E-state index is 0.0245. The predicted molar refractivity (Wildman–Crippen MR) is 62.2 cm³/mol. The molecule has 1 saturated carbocycles. The lowest BCUT2D eigenvalue weighted by atomic mass is 9.95. The Balaban J connectivity index is 2.14. The van der Waals surface area contributed by atoms with E-state index in [1.807, 2.05) is 0 Å². The summed E-state index contributed by atoms with van der Waals surface area (Å²) in [5.41, 5.74) is 6.25. The summed E-state index contributed by atoms with van der Waals surface area (Å²) in [5, 5.41) is 3.50. The van der Waals surface area contributed by atoms with Crippen LogP contribution in [-0.4, -0.2) is 18.6 Å². The van der Waals surface area contributed by atoms with Gasteiger partial charge in [0.1, 0.15) is 0 Å². The SMILES string of the molecule is CC(C)C(C)CNCC(C)(N)C1CC1. The fourth-order valence-electron chi connectivity index (χ4n) is 1.69. The molecule has 0 aromatic heterocycles. The fourth-order valence-corrected chi connectivity index (χ4v) is 1.69. The average Bonchev–Trinajstić information content (AvgIpc) is 2.85. The van der Waals surface area contributed by atoms with Crippen LogP contribution in [0.4, 0.5) is 0 Å². The smallest absolute Gasteiger partial charge is 0.0280 e. The summed E-state index contributed by atoms with van der Waals surface area (Å²) in [6.45, 7) is 11.1. The molecule has 0 spiro atoms. The van der Waals surface area contributed by atoms with Crippen molar-refractivity contribution in [2.24, 2.45) is 23.5 Å². The highest BCUT2D eigenvalue weighted by Gasteiger charge is 2.37. The van der Waals surface area contributed by atoms with Crippen molar-refractivity contribution in [2.75, 3.05) is 13.1 Å². The molecule has 0 radical (unpaired) electrons. The summed E-state index contributed by atoms with van der Waals surface area (Å²) in [7, 11) is 0. The van der Waals surface area contributed by atoms with Crippen molar-refractivity contribution in [1.82, 2.24) is 5.32 Å². The van der Waals surface area contributed by atoms with E-state index in [4.69, 9.17) is 5.73 Å². The lowest BCUT2D eigenvalue weighted by molar-refractivity contribution is 0.338. The van der Waals surface area contributed by atoms with Crippen LogP contribution in [0.15, 0.2) is 0 Å². The maximum absolute atomic E-state index is 6.22. The van der Waals surface area contributed by atoms with E-state index in [9.17, 15) is 0 Å². The zero-order valence-corrected chi connectivity index (χ0v) is 10.1. The lowest BCUT2D eigenvalue weighted by Crippen LogP contribution is -2.49. The summed E-state index contributed by atoms with van der Waals surface area (Å²) in [6, 6.07) is 0. The Bertz CT molecular complexity index is 171. The minimum Gasteiger partial charge on any atom is -0.324 e. The van der Waals surface area contributed by atoms with Crippen LogP contribution in [0.3, 0.4) is 0 Å². The molecular formula is C12H26N2. The van der Waals surface area contributed by atoms with Crippen LogP contribution in [0.5, 0.6) is 0 Å². The molecule has 2 nitrogen and oxygen atoms in total. The number of rotatable bonds is 6. The summed E-state index contributed by atoms with van der Waals surface area (Å²) in [6.07, 6.45) is 2.66. The maximum atomic E-state index is 6.22. The molecule has 84 valence electrons. The first-order valence-corrected chi connectivity index (χ1v) is 5.93. The lowest BCUT2D eigenvalue weighted by Gasteiger charge is -2.26. The van der Waals surface area contributed by atoms with Crippen LogP contribution in [0.1, 0.15) is 40.5 Å². The van der Waals surface area contributed by atoms with Gasteiger partial charge >= 0.3 is 0 Å². The van der Waals surface area contributed by atoms with E-state index in [1.165, 1.54) is 12.8 Å². The molecule has 0 heterocycles. The first kappa shape index (κ1) is 12.0. The Labute approximate surface area is 88.6 Å². The van der Waals surface area contributed by atoms with Crippen molar-refractivity contribution in [3.8, 4) is 0 Å². The van der Waals surface area contributed by atoms with E-state index < -0.39 is 0 Å². The van der Waals surface area contributed by atoms with E-state index in [2.05, 4.69) is 33.0 Å². The number of hydrogen-bond donors (Lipinski definition) is 2. The molecule has 0 bridgehead atoms. The summed E-state index contributed by atoms with van der Waals surface area (Å²) < 4.78 is 0. The standard InChI is InChI=1S/C12H26N2/c1-9(2)10(3)7-14-8-12(4,13)11-5-6-11/h9-11,14H,5-8,13H2,1-4H3. The highest BCUT2D eigenvalue weighted by molar-refractivity contribution is 4.96. The zero-order valence-electron chi connectivity index (χ0n) is 10.1. The largest absolute Gasteiger partial charge is 0.324 e. The van der Waals surface area contributed by atoms with Crippen molar-refractivity contribution in [1.29, 1.82) is 0 Å². The molecule has 3 N–H and O–H groups in total. The molecule has 1 fully saturated rings. The Morgan fingerprint density at radius 2 is 1.93 bits per heavy atom. The van der Waals surface area contributed by atoms with Crippen LogP contribution in [-0.2, 0) is 0 Å². The van der Waals surface area contributed by atoms with Gasteiger partial charge in [0.2, 0.25) is 0 Å². The molecule has 0 aromatic rings. The van der Waals surface area contributed by atoms with Gasteiger partial charge < -0.3 is 11.1 Å². The van der Waals surface area contributed by atoms with Crippen LogP contribution >= 0.6 is 0 Å². The molecule has 1 aliphatic carbocycles. The van der Waals surface area contributed by atoms with E-state index in [1.54, 1.807) is 0 Å². The van der Waals surface area contributed by atoms with E-state index in [0.717, 1.165) is 30.8 Å². The highest BCUT2D eigenvalue weighted by Crippen LogP contribution is 2.37. The molecule has 0 saturated heterocycles. The van der Waals surface area contributed by atoms with Gasteiger partial charge in [-0.2, -0.15) is 0 Å². The second-order valence-corrected chi connectivity index (χ2v) is 5.63. The fraction of sp³-hybridized carbons (Fsp3) is 1.00. The Morgan fingerprint density at radius 3 is 2.36 bits per heavy atom. The Morgan fingerprint density at radius 1 is 1.36 bits per heavy atom. The zero-order chi connectivity index (χ0) is 10.8. The summed E-state index contributed by atoms with van der Waals surface area (Å²) in [5.74, 6) is 2.27. The molecule has 1 rings (SSSR count). The molecule has 0 aromatic carbocycles. The molecular weight excluding hydrogens is 172 g/mol. The van der Waals surface area contributed by atoms with Crippen molar-refractivity contribution in [2.45, 2.75) is 46.1 Å². The van der Waals surface area contributed by atoms with Gasteiger partial charge in [-0.15, -0.1) is 0 Å². The molecule has 2 atom stereocenters. The molecule has 1 aliphatic rings. The van der Waals surface area contributed by atoms with E-state index >= 15 is 0 Å². The third-order valence-corrected chi connectivity index (χ3v) is 3.62. The first-order valence-electron chi connectivity index (χ1n) is 5.93. The topological polar surface area (TPSA) is 38.0 Å². The summed E-state index contributed by atoms with van der Waals surface area (Å²) in [4.78, 5) is 0. The van der Waals surface area contributed by atoms with Gasteiger partial charge in [0.05, 0.1) is 0 Å². The molecule has 2 unspecified atom stereocenters.